The molecule has 0 saturated heterocycles. The van der Waals surface area contributed by atoms with Gasteiger partial charge in [0.1, 0.15) is 0 Å². The largest absolute Gasteiger partial charge is 0.390 e. The van der Waals surface area contributed by atoms with E-state index in [0.29, 0.717) is 19.5 Å². The molecule has 3 heteroatoms. The lowest BCUT2D eigenvalue weighted by atomic mass is 10.1. The van der Waals surface area contributed by atoms with Gasteiger partial charge in [-0.25, -0.2) is 0 Å². The van der Waals surface area contributed by atoms with Gasteiger partial charge in [0.2, 0.25) is 0 Å². The van der Waals surface area contributed by atoms with Crippen molar-refractivity contribution >= 4 is 5.91 Å². The fraction of sp³-hybridized carbons (Fsp3) is 0.611. The molecule has 0 saturated carbocycles. The van der Waals surface area contributed by atoms with Gasteiger partial charge in [0.05, 0.1) is 5.60 Å². The molecule has 1 heterocycles. The summed E-state index contributed by atoms with van der Waals surface area (Å²) < 4.78 is 0. The van der Waals surface area contributed by atoms with Gasteiger partial charge in [-0.2, -0.15) is 0 Å². The highest BCUT2D eigenvalue weighted by Gasteiger charge is 2.28. The van der Waals surface area contributed by atoms with Crippen molar-refractivity contribution in [3.05, 3.63) is 34.9 Å². The van der Waals surface area contributed by atoms with Gasteiger partial charge in [-0.1, -0.05) is 45.4 Å². The summed E-state index contributed by atoms with van der Waals surface area (Å²) >= 11 is 0. The monoisotopic (exact) mass is 293 g/mol. The van der Waals surface area contributed by atoms with Gasteiger partial charge in [-0.3, -0.25) is 4.79 Å². The molecular formula is C18H31NO2. The van der Waals surface area contributed by atoms with Crippen molar-refractivity contribution in [1.82, 2.24) is 4.90 Å². The Hall–Kier alpha value is -1.35. The first kappa shape index (κ1) is 19.7. The zero-order valence-corrected chi connectivity index (χ0v) is 14.7. The van der Waals surface area contributed by atoms with E-state index in [0.717, 1.165) is 11.1 Å². The Morgan fingerprint density at radius 3 is 2.29 bits per heavy atom. The summed E-state index contributed by atoms with van der Waals surface area (Å²) in [6.45, 7) is 14.8. The maximum absolute atomic E-state index is 12.1. The number of hydrogen-bond acceptors (Lipinski definition) is 2. The highest BCUT2D eigenvalue weighted by molar-refractivity contribution is 5.98. The van der Waals surface area contributed by atoms with Crippen molar-refractivity contribution in [2.24, 2.45) is 0 Å². The highest BCUT2D eigenvalue weighted by atomic mass is 16.3. The van der Waals surface area contributed by atoms with Crippen LogP contribution in [-0.2, 0) is 6.54 Å². The van der Waals surface area contributed by atoms with Crippen molar-refractivity contribution in [1.29, 1.82) is 0 Å². The third-order valence-electron chi connectivity index (χ3n) is 3.13. The Morgan fingerprint density at radius 1 is 1.19 bits per heavy atom. The van der Waals surface area contributed by atoms with E-state index in [1.807, 2.05) is 51.7 Å². The number of aliphatic hydroxyl groups is 1. The first-order valence-electron chi connectivity index (χ1n) is 7.98. The number of carbonyl (C=O) groups is 1. The lowest BCUT2D eigenvalue weighted by Crippen LogP contribution is -2.31. The van der Waals surface area contributed by atoms with Crippen LogP contribution in [0.4, 0.5) is 0 Å². The molecule has 0 bridgehead atoms. The summed E-state index contributed by atoms with van der Waals surface area (Å²) in [4.78, 5) is 13.9. The second-order valence-electron chi connectivity index (χ2n) is 5.45. The summed E-state index contributed by atoms with van der Waals surface area (Å²) in [5.41, 5.74) is 2.38. The minimum Gasteiger partial charge on any atom is -0.390 e. The Bertz CT molecular complexity index is 447. The van der Waals surface area contributed by atoms with Gasteiger partial charge in [0.15, 0.2) is 0 Å². The molecule has 3 nitrogen and oxygen atoms in total. The molecule has 0 radical (unpaired) electrons. The number of nitrogens with zero attached hydrogens (tertiary/aromatic N) is 1. The molecule has 0 unspecified atom stereocenters. The third-order valence-corrected chi connectivity index (χ3v) is 3.13. The van der Waals surface area contributed by atoms with Crippen LogP contribution < -0.4 is 0 Å². The lowest BCUT2D eigenvalue weighted by molar-refractivity contribution is 0.0517. The summed E-state index contributed by atoms with van der Waals surface area (Å²) in [5, 5.41) is 9.69. The Balaban J connectivity index is 0.000000921. The molecule has 0 aromatic heterocycles. The molecule has 1 aliphatic rings. The number of amides is 1. The normalized spacial score (nSPS) is 13.0. The van der Waals surface area contributed by atoms with Gasteiger partial charge in [-0.05, 0) is 38.8 Å². The molecule has 0 fully saturated rings. The van der Waals surface area contributed by atoms with E-state index < -0.39 is 5.60 Å². The lowest BCUT2D eigenvalue weighted by Gasteiger charge is -2.22. The molecule has 1 aromatic rings. The number of benzene rings is 1. The smallest absolute Gasteiger partial charge is 0.254 e. The number of aryl methyl sites for hydroxylation is 1. The summed E-state index contributed by atoms with van der Waals surface area (Å²) in [5.74, 6) is 0.0873. The highest BCUT2D eigenvalue weighted by Crippen LogP contribution is 2.24. The fourth-order valence-corrected chi connectivity index (χ4v) is 2.10. The second-order valence-corrected chi connectivity index (χ2v) is 5.45. The Morgan fingerprint density at radius 2 is 1.76 bits per heavy atom. The van der Waals surface area contributed by atoms with Crippen LogP contribution in [0.1, 0.15) is 69.4 Å². The predicted octanol–water partition coefficient (Wildman–Crippen LogP) is 4.16. The SMILES string of the molecule is CC.CC.Cc1ccc2c(c1)CN(CCC(C)(C)O)C2=O. The Labute approximate surface area is 130 Å². The van der Waals surface area contributed by atoms with E-state index >= 15 is 0 Å². The fourth-order valence-electron chi connectivity index (χ4n) is 2.10. The molecule has 1 aromatic carbocycles. The van der Waals surface area contributed by atoms with E-state index in [2.05, 4.69) is 6.07 Å². The molecular weight excluding hydrogens is 262 g/mol. The topological polar surface area (TPSA) is 40.5 Å². The molecule has 1 amide bonds. The van der Waals surface area contributed by atoms with Gasteiger partial charge < -0.3 is 10.0 Å². The zero-order valence-electron chi connectivity index (χ0n) is 14.7. The van der Waals surface area contributed by atoms with E-state index in [1.165, 1.54) is 5.56 Å². The van der Waals surface area contributed by atoms with E-state index in [4.69, 9.17) is 0 Å². The molecule has 0 spiro atoms. The van der Waals surface area contributed by atoms with E-state index in [-0.39, 0.29) is 5.91 Å². The summed E-state index contributed by atoms with van der Waals surface area (Å²) in [6.07, 6.45) is 0.603. The van der Waals surface area contributed by atoms with Gasteiger partial charge >= 0.3 is 0 Å². The van der Waals surface area contributed by atoms with E-state index in [9.17, 15) is 9.90 Å². The molecule has 1 aliphatic heterocycles. The first-order valence-corrected chi connectivity index (χ1v) is 7.98. The summed E-state index contributed by atoms with van der Waals surface area (Å²) in [6, 6.07) is 5.94. The maximum Gasteiger partial charge on any atom is 0.254 e. The van der Waals surface area contributed by atoms with Crippen molar-refractivity contribution in [3.63, 3.8) is 0 Å². The average molecular weight is 293 g/mol. The number of rotatable bonds is 3. The van der Waals surface area contributed by atoms with Crippen LogP contribution in [0.5, 0.6) is 0 Å². The van der Waals surface area contributed by atoms with Crippen LogP contribution in [0.2, 0.25) is 0 Å². The quantitative estimate of drug-likeness (QED) is 0.909. The minimum absolute atomic E-state index is 0.0873. The van der Waals surface area contributed by atoms with Crippen molar-refractivity contribution < 1.29 is 9.90 Å². The van der Waals surface area contributed by atoms with Crippen molar-refractivity contribution in [2.75, 3.05) is 6.54 Å². The van der Waals surface area contributed by atoms with Gasteiger partial charge in [0, 0.05) is 18.7 Å². The third kappa shape index (κ3) is 5.88. The van der Waals surface area contributed by atoms with Crippen LogP contribution >= 0.6 is 0 Å². The number of fused-ring (bicyclic) bond motifs is 1. The van der Waals surface area contributed by atoms with Crippen molar-refractivity contribution in [2.45, 2.75) is 67.0 Å². The number of hydrogen-bond donors (Lipinski definition) is 1. The molecule has 1 N–H and O–H groups in total. The minimum atomic E-state index is -0.717. The van der Waals surface area contributed by atoms with Crippen LogP contribution in [-0.4, -0.2) is 28.1 Å². The van der Waals surface area contributed by atoms with E-state index in [1.54, 1.807) is 13.8 Å². The van der Waals surface area contributed by atoms with Crippen molar-refractivity contribution in [3.8, 4) is 0 Å². The molecule has 120 valence electrons. The second kappa shape index (κ2) is 8.83. The van der Waals surface area contributed by atoms with Crippen LogP contribution in [0.15, 0.2) is 18.2 Å². The molecule has 2 rings (SSSR count). The predicted molar refractivity (Wildman–Crippen MR) is 89.5 cm³/mol. The first-order chi connectivity index (χ1) is 9.87. The van der Waals surface area contributed by atoms with Crippen LogP contribution in [0.25, 0.3) is 0 Å². The molecule has 0 atom stereocenters. The van der Waals surface area contributed by atoms with Gasteiger partial charge in [-0.15, -0.1) is 0 Å². The standard InChI is InChI=1S/C14H19NO2.2C2H6/c1-10-4-5-12-11(8-10)9-15(13(12)16)7-6-14(2,3)17;2*1-2/h4-5,8,17H,6-7,9H2,1-3H3;2*1-2H3. The maximum atomic E-state index is 12.1. The average Bonchev–Trinajstić information content (AvgIpc) is 2.76. The Kier molecular flexibility index (Phi) is 8.26. The molecule has 21 heavy (non-hydrogen) atoms. The summed E-state index contributed by atoms with van der Waals surface area (Å²) in [7, 11) is 0. The van der Waals surface area contributed by atoms with Crippen LogP contribution in [0.3, 0.4) is 0 Å². The van der Waals surface area contributed by atoms with Crippen LogP contribution in [0, 0.1) is 6.92 Å². The van der Waals surface area contributed by atoms with Gasteiger partial charge in [0.25, 0.3) is 5.91 Å². The zero-order chi connectivity index (χ0) is 16.6. The molecule has 0 aliphatic carbocycles. The number of carbonyl (C=O) groups excluding carboxylic acids is 1.